The molecule has 1 N–H and O–H groups in total. The lowest BCUT2D eigenvalue weighted by Crippen LogP contribution is -2.52. The van der Waals surface area contributed by atoms with Crippen molar-refractivity contribution in [2.24, 2.45) is 0 Å². The van der Waals surface area contributed by atoms with Crippen LogP contribution >= 0.6 is 12.4 Å². The number of nitrogens with zero attached hydrogens (tertiary/aromatic N) is 3. The third-order valence-corrected chi connectivity index (χ3v) is 4.19. The fourth-order valence-electron chi connectivity index (χ4n) is 2.78. The van der Waals surface area contributed by atoms with Gasteiger partial charge in [-0.2, -0.15) is 4.98 Å². The van der Waals surface area contributed by atoms with Crippen LogP contribution in [-0.4, -0.2) is 53.7 Å². The molecule has 1 aromatic carbocycles. The highest BCUT2D eigenvalue weighted by molar-refractivity contribution is 5.85. The van der Waals surface area contributed by atoms with E-state index in [-0.39, 0.29) is 24.4 Å². The van der Waals surface area contributed by atoms with Crippen LogP contribution < -0.4 is 10.1 Å². The van der Waals surface area contributed by atoms with Gasteiger partial charge < -0.3 is 19.5 Å². The van der Waals surface area contributed by atoms with Crippen LogP contribution in [0.15, 0.2) is 28.8 Å². The van der Waals surface area contributed by atoms with Gasteiger partial charge in [0.05, 0.1) is 7.11 Å². The Labute approximate surface area is 153 Å². The number of hydrogen-bond acceptors (Lipinski definition) is 6. The van der Waals surface area contributed by atoms with Gasteiger partial charge in [-0.15, -0.1) is 12.4 Å². The summed E-state index contributed by atoms with van der Waals surface area (Å²) in [5.41, 5.74) is 0.854. The number of hydrogen-bond donors (Lipinski definition) is 1. The van der Waals surface area contributed by atoms with Crippen LogP contribution in [0.3, 0.4) is 0 Å². The molecule has 0 unspecified atom stereocenters. The first-order valence-corrected chi connectivity index (χ1v) is 8.14. The van der Waals surface area contributed by atoms with E-state index < -0.39 is 0 Å². The molecular formula is C17H23ClN4O3. The Kier molecular flexibility index (Phi) is 6.78. The monoisotopic (exact) mass is 366 g/mol. The molecule has 3 rings (SSSR count). The Morgan fingerprint density at radius 1 is 1.40 bits per heavy atom. The van der Waals surface area contributed by atoms with Crippen molar-refractivity contribution in [1.29, 1.82) is 0 Å². The second-order valence-corrected chi connectivity index (χ2v) is 5.88. The summed E-state index contributed by atoms with van der Waals surface area (Å²) < 4.78 is 10.4. The first-order chi connectivity index (χ1) is 11.7. The molecule has 2 aromatic rings. The zero-order chi connectivity index (χ0) is 16.9. The topological polar surface area (TPSA) is 80.5 Å². The fraction of sp³-hybridized carbons (Fsp3) is 0.471. The maximum atomic E-state index is 12.3. The van der Waals surface area contributed by atoms with E-state index in [1.807, 2.05) is 29.2 Å². The van der Waals surface area contributed by atoms with Gasteiger partial charge in [0.2, 0.25) is 17.6 Å². The summed E-state index contributed by atoms with van der Waals surface area (Å²) >= 11 is 0. The van der Waals surface area contributed by atoms with Gasteiger partial charge in [0.1, 0.15) is 5.75 Å². The van der Waals surface area contributed by atoms with Crippen molar-refractivity contribution >= 4 is 18.3 Å². The summed E-state index contributed by atoms with van der Waals surface area (Å²) in [4.78, 5) is 18.6. The van der Waals surface area contributed by atoms with Crippen LogP contribution in [0.1, 0.15) is 19.2 Å². The third kappa shape index (κ3) is 4.70. The van der Waals surface area contributed by atoms with Gasteiger partial charge in [0.15, 0.2) is 0 Å². The van der Waals surface area contributed by atoms with Gasteiger partial charge in [-0.3, -0.25) is 4.79 Å². The number of carbonyl (C=O) groups excluding carboxylic acids is 1. The van der Waals surface area contributed by atoms with Crippen molar-refractivity contribution < 1.29 is 14.1 Å². The number of piperazine rings is 1. The van der Waals surface area contributed by atoms with Gasteiger partial charge in [-0.05, 0) is 31.2 Å². The van der Waals surface area contributed by atoms with Crippen LogP contribution in [0.25, 0.3) is 11.4 Å². The number of aryl methyl sites for hydroxylation is 1. The standard InChI is InChI=1S/C17H22N4O3.ClH/c1-12-11-18-9-10-21(12)16(22)8-7-15-19-17(20-24-15)13-3-5-14(23-2)6-4-13;/h3-6,12,18H,7-11H2,1-2H3;1H/t12-;/m1./s1. The molecule has 1 amide bonds. The summed E-state index contributed by atoms with van der Waals surface area (Å²) in [6.45, 7) is 4.49. The van der Waals surface area contributed by atoms with Crippen LogP contribution in [-0.2, 0) is 11.2 Å². The molecule has 8 heteroatoms. The van der Waals surface area contributed by atoms with Crippen LogP contribution in [0.5, 0.6) is 5.75 Å². The van der Waals surface area contributed by atoms with Crippen LogP contribution in [0.4, 0.5) is 0 Å². The number of carbonyl (C=O) groups is 1. The Bertz CT molecular complexity index is 689. The maximum Gasteiger partial charge on any atom is 0.227 e. The molecule has 1 fully saturated rings. The Balaban J connectivity index is 0.00000225. The molecule has 0 bridgehead atoms. The van der Waals surface area contributed by atoms with Crippen molar-refractivity contribution in [2.75, 3.05) is 26.7 Å². The Morgan fingerprint density at radius 2 is 2.16 bits per heavy atom. The third-order valence-electron chi connectivity index (χ3n) is 4.19. The van der Waals surface area contributed by atoms with Gasteiger partial charge >= 0.3 is 0 Å². The summed E-state index contributed by atoms with van der Waals surface area (Å²) in [6.07, 6.45) is 0.840. The smallest absolute Gasteiger partial charge is 0.227 e. The predicted octanol–water partition coefficient (Wildman–Crippen LogP) is 1.92. The highest BCUT2D eigenvalue weighted by Crippen LogP contribution is 2.20. The predicted molar refractivity (Wildman–Crippen MR) is 95.9 cm³/mol. The first-order valence-electron chi connectivity index (χ1n) is 8.14. The second kappa shape index (κ2) is 8.82. The van der Waals surface area contributed by atoms with Gasteiger partial charge in [0.25, 0.3) is 0 Å². The number of ether oxygens (including phenoxy) is 1. The highest BCUT2D eigenvalue weighted by atomic mass is 35.5. The van der Waals surface area contributed by atoms with E-state index in [4.69, 9.17) is 9.26 Å². The van der Waals surface area contributed by atoms with Crippen molar-refractivity contribution in [2.45, 2.75) is 25.8 Å². The molecule has 1 atom stereocenters. The molecule has 136 valence electrons. The molecule has 1 aliphatic heterocycles. The quantitative estimate of drug-likeness (QED) is 0.870. The number of rotatable bonds is 5. The summed E-state index contributed by atoms with van der Waals surface area (Å²) in [5, 5.41) is 7.26. The number of amides is 1. The second-order valence-electron chi connectivity index (χ2n) is 5.88. The number of benzene rings is 1. The molecule has 1 aliphatic rings. The summed E-state index contributed by atoms with van der Waals surface area (Å²) in [6, 6.07) is 7.67. The first kappa shape index (κ1) is 19.2. The SMILES string of the molecule is COc1ccc(-c2noc(CCC(=O)N3CCNC[C@H]3C)n2)cc1.Cl. The zero-order valence-corrected chi connectivity index (χ0v) is 15.2. The van der Waals surface area contributed by atoms with Gasteiger partial charge in [0, 0.05) is 44.1 Å². The van der Waals surface area contributed by atoms with Gasteiger partial charge in [-0.1, -0.05) is 5.16 Å². The molecule has 2 heterocycles. The molecule has 0 spiro atoms. The minimum Gasteiger partial charge on any atom is -0.497 e. The molecule has 1 saturated heterocycles. The van der Waals surface area contributed by atoms with Gasteiger partial charge in [-0.25, -0.2) is 0 Å². The normalized spacial score (nSPS) is 17.0. The van der Waals surface area contributed by atoms with E-state index in [2.05, 4.69) is 22.4 Å². The number of aromatic nitrogens is 2. The summed E-state index contributed by atoms with van der Waals surface area (Å²) in [7, 11) is 1.62. The highest BCUT2D eigenvalue weighted by Gasteiger charge is 2.23. The number of nitrogens with one attached hydrogen (secondary N) is 1. The molecule has 25 heavy (non-hydrogen) atoms. The fourth-order valence-corrected chi connectivity index (χ4v) is 2.78. The van der Waals surface area contributed by atoms with E-state index >= 15 is 0 Å². The van der Waals surface area contributed by atoms with Crippen molar-refractivity contribution in [3.63, 3.8) is 0 Å². The molecule has 0 aliphatic carbocycles. The van der Waals surface area contributed by atoms with E-state index in [1.54, 1.807) is 7.11 Å². The average molecular weight is 367 g/mol. The Morgan fingerprint density at radius 3 is 2.84 bits per heavy atom. The average Bonchev–Trinajstić information content (AvgIpc) is 3.09. The molecule has 7 nitrogen and oxygen atoms in total. The van der Waals surface area contributed by atoms with E-state index in [0.717, 1.165) is 30.9 Å². The number of halogens is 1. The summed E-state index contributed by atoms with van der Waals surface area (Å²) in [5.74, 6) is 1.92. The molecular weight excluding hydrogens is 344 g/mol. The maximum absolute atomic E-state index is 12.3. The van der Waals surface area contributed by atoms with E-state index in [1.165, 1.54) is 0 Å². The van der Waals surface area contributed by atoms with Crippen molar-refractivity contribution in [1.82, 2.24) is 20.4 Å². The molecule has 0 saturated carbocycles. The van der Waals surface area contributed by atoms with E-state index in [9.17, 15) is 4.79 Å². The molecule has 0 radical (unpaired) electrons. The van der Waals surface area contributed by atoms with E-state index in [0.29, 0.717) is 24.6 Å². The minimum absolute atomic E-state index is 0. The van der Waals surface area contributed by atoms with Crippen LogP contribution in [0, 0.1) is 0 Å². The zero-order valence-electron chi connectivity index (χ0n) is 14.4. The lowest BCUT2D eigenvalue weighted by molar-refractivity contribution is -0.134. The Hall–Kier alpha value is -2.12. The lowest BCUT2D eigenvalue weighted by Gasteiger charge is -2.34. The van der Waals surface area contributed by atoms with Crippen molar-refractivity contribution in [3.8, 4) is 17.1 Å². The number of methoxy groups -OCH3 is 1. The van der Waals surface area contributed by atoms with Crippen LogP contribution in [0.2, 0.25) is 0 Å². The largest absolute Gasteiger partial charge is 0.497 e. The van der Waals surface area contributed by atoms with Crippen molar-refractivity contribution in [3.05, 3.63) is 30.2 Å². The lowest BCUT2D eigenvalue weighted by atomic mass is 10.2. The molecule has 1 aromatic heterocycles. The minimum atomic E-state index is 0.